The van der Waals surface area contributed by atoms with Gasteiger partial charge in [0.2, 0.25) is 0 Å². The Morgan fingerprint density at radius 1 is 1.44 bits per heavy atom. The van der Waals surface area contributed by atoms with Gasteiger partial charge in [0.1, 0.15) is 0 Å². The van der Waals surface area contributed by atoms with Crippen molar-refractivity contribution in [2.45, 2.75) is 45.2 Å². The molecule has 0 radical (unpaired) electrons. The van der Waals surface area contributed by atoms with E-state index in [-0.39, 0.29) is 5.54 Å². The summed E-state index contributed by atoms with van der Waals surface area (Å²) >= 11 is 0. The summed E-state index contributed by atoms with van der Waals surface area (Å²) in [5.74, 6) is 0. The summed E-state index contributed by atoms with van der Waals surface area (Å²) in [7, 11) is 4.28. The van der Waals surface area contributed by atoms with Gasteiger partial charge in [0.15, 0.2) is 0 Å². The Bertz CT molecular complexity index is 203. The molecule has 0 bridgehead atoms. The molecule has 1 unspecified atom stereocenters. The molecule has 1 N–H and O–H groups in total. The van der Waals surface area contributed by atoms with E-state index in [9.17, 15) is 0 Å². The summed E-state index contributed by atoms with van der Waals surface area (Å²) in [6.07, 6.45) is 2.75. The van der Waals surface area contributed by atoms with Crippen LogP contribution < -0.4 is 5.32 Å². The number of hydrogen-bond donors (Lipinski definition) is 1. The fourth-order valence-electron chi connectivity index (χ4n) is 2.70. The van der Waals surface area contributed by atoms with Gasteiger partial charge in [-0.15, -0.1) is 0 Å². The molecule has 1 heterocycles. The average molecular weight is 227 g/mol. The minimum atomic E-state index is 0.213. The van der Waals surface area contributed by atoms with Gasteiger partial charge in [-0.2, -0.15) is 0 Å². The van der Waals surface area contributed by atoms with Crippen molar-refractivity contribution < 1.29 is 0 Å². The molecule has 1 rings (SSSR count). The number of nitrogens with zero attached hydrogens (tertiary/aromatic N) is 2. The van der Waals surface area contributed by atoms with Crippen molar-refractivity contribution >= 4 is 0 Å². The third kappa shape index (κ3) is 4.04. The standard InChI is InChI=1S/C13H29N3/c1-6-16-9-7-8-12(16)10-15(5)11-13(2,3)14-4/h12,14H,6-11H2,1-5H3. The van der Waals surface area contributed by atoms with Gasteiger partial charge in [-0.3, -0.25) is 4.90 Å². The molecule has 96 valence electrons. The summed E-state index contributed by atoms with van der Waals surface area (Å²) in [5, 5.41) is 3.37. The highest BCUT2D eigenvalue weighted by atomic mass is 15.2. The van der Waals surface area contributed by atoms with Crippen molar-refractivity contribution in [3.63, 3.8) is 0 Å². The molecule has 1 saturated heterocycles. The Kier molecular flexibility index (Phi) is 5.22. The number of hydrogen-bond acceptors (Lipinski definition) is 3. The van der Waals surface area contributed by atoms with Crippen LogP contribution in [-0.4, -0.2) is 61.7 Å². The first-order valence-electron chi connectivity index (χ1n) is 6.60. The number of nitrogens with one attached hydrogen (secondary N) is 1. The highest BCUT2D eigenvalue weighted by molar-refractivity contribution is 4.84. The first kappa shape index (κ1) is 13.9. The Morgan fingerprint density at radius 3 is 2.69 bits per heavy atom. The van der Waals surface area contributed by atoms with E-state index in [1.54, 1.807) is 0 Å². The Hall–Kier alpha value is -0.120. The lowest BCUT2D eigenvalue weighted by atomic mass is 10.1. The summed E-state index contributed by atoms with van der Waals surface area (Å²) in [5.41, 5.74) is 0.213. The van der Waals surface area contributed by atoms with Gasteiger partial charge in [0, 0.05) is 24.7 Å². The van der Waals surface area contributed by atoms with Gasteiger partial charge in [0.05, 0.1) is 0 Å². The van der Waals surface area contributed by atoms with Crippen molar-refractivity contribution in [2.75, 3.05) is 40.3 Å². The molecule has 1 atom stereocenters. The van der Waals surface area contributed by atoms with Crippen molar-refractivity contribution in [3.8, 4) is 0 Å². The lowest BCUT2D eigenvalue weighted by Gasteiger charge is -2.33. The molecule has 0 saturated carbocycles. The molecule has 0 aromatic rings. The minimum Gasteiger partial charge on any atom is -0.314 e. The van der Waals surface area contributed by atoms with Crippen LogP contribution in [0, 0.1) is 0 Å². The van der Waals surface area contributed by atoms with Crippen LogP contribution in [0.4, 0.5) is 0 Å². The Balaban J connectivity index is 2.36. The topological polar surface area (TPSA) is 18.5 Å². The largest absolute Gasteiger partial charge is 0.314 e. The van der Waals surface area contributed by atoms with E-state index >= 15 is 0 Å². The van der Waals surface area contributed by atoms with E-state index in [1.165, 1.54) is 32.5 Å². The van der Waals surface area contributed by atoms with E-state index in [4.69, 9.17) is 0 Å². The van der Waals surface area contributed by atoms with Gasteiger partial charge in [-0.1, -0.05) is 6.92 Å². The van der Waals surface area contributed by atoms with E-state index in [1.807, 2.05) is 7.05 Å². The molecule has 16 heavy (non-hydrogen) atoms. The molecule has 0 amide bonds. The molecule has 0 spiro atoms. The van der Waals surface area contributed by atoms with Gasteiger partial charge in [-0.25, -0.2) is 0 Å². The van der Waals surface area contributed by atoms with Crippen LogP contribution in [0.25, 0.3) is 0 Å². The Morgan fingerprint density at radius 2 is 2.12 bits per heavy atom. The number of likely N-dealkylation sites (tertiary alicyclic amines) is 1. The zero-order valence-electron chi connectivity index (χ0n) is 11.7. The molecule has 0 aliphatic carbocycles. The smallest absolute Gasteiger partial charge is 0.0249 e. The fraction of sp³-hybridized carbons (Fsp3) is 1.00. The first-order chi connectivity index (χ1) is 7.48. The van der Waals surface area contributed by atoms with Crippen LogP contribution in [0.15, 0.2) is 0 Å². The molecular formula is C13H29N3. The second-order valence-corrected chi connectivity index (χ2v) is 5.76. The average Bonchev–Trinajstić information content (AvgIpc) is 2.64. The predicted molar refractivity (Wildman–Crippen MR) is 70.9 cm³/mol. The zero-order chi connectivity index (χ0) is 12.2. The van der Waals surface area contributed by atoms with Gasteiger partial charge in [-0.05, 0) is 53.9 Å². The van der Waals surface area contributed by atoms with E-state index in [0.29, 0.717) is 0 Å². The van der Waals surface area contributed by atoms with Gasteiger partial charge >= 0.3 is 0 Å². The maximum Gasteiger partial charge on any atom is 0.0249 e. The third-order valence-corrected chi connectivity index (χ3v) is 3.77. The number of likely N-dealkylation sites (N-methyl/N-ethyl adjacent to an activating group) is 3. The molecular weight excluding hydrogens is 198 g/mol. The van der Waals surface area contributed by atoms with E-state index in [2.05, 4.69) is 42.9 Å². The lowest BCUT2D eigenvalue weighted by Crippen LogP contribution is -2.49. The third-order valence-electron chi connectivity index (χ3n) is 3.77. The molecule has 0 aromatic heterocycles. The Labute approximate surface area is 101 Å². The molecule has 1 aliphatic heterocycles. The van der Waals surface area contributed by atoms with Crippen LogP contribution >= 0.6 is 0 Å². The lowest BCUT2D eigenvalue weighted by molar-refractivity contribution is 0.172. The second kappa shape index (κ2) is 5.99. The van der Waals surface area contributed by atoms with E-state index < -0.39 is 0 Å². The quantitative estimate of drug-likeness (QED) is 0.740. The van der Waals surface area contributed by atoms with Gasteiger partial charge < -0.3 is 10.2 Å². The molecule has 3 nitrogen and oxygen atoms in total. The maximum absolute atomic E-state index is 3.37. The summed E-state index contributed by atoms with van der Waals surface area (Å²) in [6.45, 7) is 11.6. The van der Waals surface area contributed by atoms with Crippen molar-refractivity contribution in [3.05, 3.63) is 0 Å². The maximum atomic E-state index is 3.37. The SMILES string of the molecule is CCN1CCCC1CN(C)CC(C)(C)NC. The fourth-order valence-corrected chi connectivity index (χ4v) is 2.70. The van der Waals surface area contributed by atoms with Crippen LogP contribution in [-0.2, 0) is 0 Å². The predicted octanol–water partition coefficient (Wildman–Crippen LogP) is 1.40. The van der Waals surface area contributed by atoms with Crippen LogP contribution in [0.3, 0.4) is 0 Å². The first-order valence-corrected chi connectivity index (χ1v) is 6.60. The van der Waals surface area contributed by atoms with Crippen molar-refractivity contribution in [1.82, 2.24) is 15.1 Å². The normalized spacial score (nSPS) is 23.2. The van der Waals surface area contributed by atoms with Crippen LogP contribution in [0.1, 0.15) is 33.6 Å². The highest BCUT2D eigenvalue weighted by Gasteiger charge is 2.25. The second-order valence-electron chi connectivity index (χ2n) is 5.76. The number of rotatable bonds is 6. The molecule has 3 heteroatoms. The van der Waals surface area contributed by atoms with Crippen LogP contribution in [0.2, 0.25) is 0 Å². The molecule has 1 aliphatic rings. The minimum absolute atomic E-state index is 0.213. The summed E-state index contributed by atoms with van der Waals surface area (Å²) in [4.78, 5) is 5.08. The molecule has 0 aromatic carbocycles. The van der Waals surface area contributed by atoms with Crippen LogP contribution in [0.5, 0.6) is 0 Å². The van der Waals surface area contributed by atoms with Crippen molar-refractivity contribution in [1.29, 1.82) is 0 Å². The monoisotopic (exact) mass is 227 g/mol. The summed E-state index contributed by atoms with van der Waals surface area (Å²) < 4.78 is 0. The molecule has 1 fully saturated rings. The van der Waals surface area contributed by atoms with Crippen molar-refractivity contribution in [2.24, 2.45) is 0 Å². The zero-order valence-corrected chi connectivity index (χ0v) is 11.7. The van der Waals surface area contributed by atoms with E-state index in [0.717, 1.165) is 12.6 Å². The highest BCUT2D eigenvalue weighted by Crippen LogP contribution is 2.17. The summed E-state index contributed by atoms with van der Waals surface area (Å²) in [6, 6.07) is 0.780. The van der Waals surface area contributed by atoms with Gasteiger partial charge in [0.25, 0.3) is 0 Å².